The first-order chi connectivity index (χ1) is 6.93. The fourth-order valence-corrected chi connectivity index (χ4v) is 1.16. The van der Waals surface area contributed by atoms with Crippen LogP contribution in [0.5, 0.6) is 0 Å². The molecule has 0 aliphatic rings. The van der Waals surface area contributed by atoms with Crippen LogP contribution in [0.3, 0.4) is 0 Å². The van der Waals surface area contributed by atoms with Crippen molar-refractivity contribution in [3.05, 3.63) is 33.7 Å². The minimum atomic E-state index is -1.78. The maximum absolute atomic E-state index is 11.3. The Hall–Kier alpha value is -1.66. The van der Waals surface area contributed by atoms with Gasteiger partial charge >= 0.3 is 0 Å². The van der Waals surface area contributed by atoms with Crippen molar-refractivity contribution >= 4 is 5.91 Å². The standard InChI is InChI=1S/C9H12N2O4/c1-4-2-5(9(15)11-3-4)6(12)7(13)8(10)14/h2-3,6-7,12-13H,1H3,(H2,10,14)(H,11,15). The lowest BCUT2D eigenvalue weighted by Gasteiger charge is -2.14. The van der Waals surface area contributed by atoms with Crippen LogP contribution in [-0.2, 0) is 4.79 Å². The Morgan fingerprint density at radius 2 is 2.13 bits per heavy atom. The topological polar surface area (TPSA) is 116 Å². The minimum Gasteiger partial charge on any atom is -0.385 e. The van der Waals surface area contributed by atoms with Crippen LogP contribution < -0.4 is 11.3 Å². The zero-order chi connectivity index (χ0) is 11.6. The fraction of sp³-hybridized carbons (Fsp3) is 0.333. The maximum atomic E-state index is 11.3. The molecular formula is C9H12N2O4. The number of H-pyrrole nitrogens is 1. The summed E-state index contributed by atoms with van der Waals surface area (Å²) >= 11 is 0. The zero-order valence-electron chi connectivity index (χ0n) is 8.10. The van der Waals surface area contributed by atoms with Crippen LogP contribution in [0.2, 0.25) is 0 Å². The van der Waals surface area contributed by atoms with E-state index in [1.54, 1.807) is 6.92 Å². The molecule has 0 spiro atoms. The van der Waals surface area contributed by atoms with Crippen molar-refractivity contribution in [2.24, 2.45) is 5.73 Å². The summed E-state index contributed by atoms with van der Waals surface area (Å²) in [5, 5.41) is 18.7. The van der Waals surface area contributed by atoms with Crippen molar-refractivity contribution in [3.63, 3.8) is 0 Å². The Labute approximate surface area is 85.4 Å². The van der Waals surface area contributed by atoms with E-state index in [2.05, 4.69) is 4.98 Å². The van der Waals surface area contributed by atoms with Gasteiger partial charge in [-0.25, -0.2) is 0 Å². The molecule has 1 heterocycles. The third kappa shape index (κ3) is 2.42. The summed E-state index contributed by atoms with van der Waals surface area (Å²) in [5.74, 6) is -1.08. The summed E-state index contributed by atoms with van der Waals surface area (Å²) in [7, 11) is 0. The van der Waals surface area contributed by atoms with Gasteiger partial charge in [-0.3, -0.25) is 9.59 Å². The molecule has 2 atom stereocenters. The van der Waals surface area contributed by atoms with E-state index in [9.17, 15) is 19.8 Å². The largest absolute Gasteiger partial charge is 0.385 e. The second-order valence-corrected chi connectivity index (χ2v) is 3.25. The minimum absolute atomic E-state index is 0.0821. The average molecular weight is 212 g/mol. The molecule has 5 N–H and O–H groups in total. The number of amides is 1. The Kier molecular flexibility index (Phi) is 3.23. The van der Waals surface area contributed by atoms with Gasteiger partial charge in [0, 0.05) is 11.8 Å². The van der Waals surface area contributed by atoms with E-state index in [1.807, 2.05) is 0 Å². The number of aryl methyl sites for hydroxylation is 1. The molecule has 6 heteroatoms. The van der Waals surface area contributed by atoms with Crippen molar-refractivity contribution in [3.8, 4) is 0 Å². The van der Waals surface area contributed by atoms with Crippen LogP contribution in [0, 0.1) is 6.92 Å². The van der Waals surface area contributed by atoms with Crippen LogP contribution in [-0.4, -0.2) is 27.2 Å². The van der Waals surface area contributed by atoms with E-state index >= 15 is 0 Å². The number of aliphatic hydroxyl groups excluding tert-OH is 2. The van der Waals surface area contributed by atoms with E-state index in [0.29, 0.717) is 5.56 Å². The van der Waals surface area contributed by atoms with E-state index in [-0.39, 0.29) is 5.56 Å². The number of aromatic nitrogens is 1. The van der Waals surface area contributed by atoms with Gasteiger partial charge < -0.3 is 20.9 Å². The summed E-state index contributed by atoms with van der Waals surface area (Å²) in [6, 6.07) is 1.38. The summed E-state index contributed by atoms with van der Waals surface area (Å²) in [6.45, 7) is 1.70. The van der Waals surface area contributed by atoms with Crippen LogP contribution in [0.15, 0.2) is 17.1 Å². The lowest BCUT2D eigenvalue weighted by molar-refractivity contribution is -0.132. The highest BCUT2D eigenvalue weighted by Gasteiger charge is 2.25. The van der Waals surface area contributed by atoms with Gasteiger partial charge in [0.25, 0.3) is 5.56 Å². The van der Waals surface area contributed by atoms with Gasteiger partial charge in [0.05, 0.1) is 0 Å². The molecule has 1 aromatic rings. The van der Waals surface area contributed by atoms with Gasteiger partial charge in [-0.05, 0) is 18.6 Å². The first-order valence-corrected chi connectivity index (χ1v) is 4.28. The number of nitrogens with one attached hydrogen (secondary N) is 1. The number of aliphatic hydroxyl groups is 2. The predicted octanol–water partition coefficient (Wildman–Crippen LogP) is -1.44. The van der Waals surface area contributed by atoms with E-state index < -0.39 is 23.7 Å². The highest BCUT2D eigenvalue weighted by molar-refractivity contribution is 5.79. The molecule has 0 bridgehead atoms. The molecule has 6 nitrogen and oxygen atoms in total. The van der Waals surface area contributed by atoms with E-state index in [1.165, 1.54) is 12.3 Å². The number of primary amides is 1. The summed E-state index contributed by atoms with van der Waals surface area (Å²) in [4.78, 5) is 24.2. The zero-order valence-corrected chi connectivity index (χ0v) is 8.10. The fourth-order valence-electron chi connectivity index (χ4n) is 1.16. The number of aromatic amines is 1. The Balaban J connectivity index is 3.10. The number of pyridine rings is 1. The molecule has 0 radical (unpaired) electrons. The molecule has 2 unspecified atom stereocenters. The van der Waals surface area contributed by atoms with Gasteiger partial charge in [-0.15, -0.1) is 0 Å². The number of hydrogen-bond donors (Lipinski definition) is 4. The van der Waals surface area contributed by atoms with Crippen molar-refractivity contribution in [1.29, 1.82) is 0 Å². The smallest absolute Gasteiger partial charge is 0.253 e. The second-order valence-electron chi connectivity index (χ2n) is 3.25. The summed E-state index contributed by atoms with van der Waals surface area (Å²) in [5.41, 5.74) is 4.85. The van der Waals surface area contributed by atoms with Gasteiger partial charge in [-0.1, -0.05) is 0 Å². The monoisotopic (exact) mass is 212 g/mol. The van der Waals surface area contributed by atoms with Crippen molar-refractivity contribution < 1.29 is 15.0 Å². The molecule has 0 saturated carbocycles. The molecule has 0 aromatic carbocycles. The quantitative estimate of drug-likeness (QED) is 0.491. The Morgan fingerprint density at radius 3 is 2.67 bits per heavy atom. The molecule has 0 aliphatic heterocycles. The Morgan fingerprint density at radius 1 is 1.53 bits per heavy atom. The van der Waals surface area contributed by atoms with Crippen LogP contribution >= 0.6 is 0 Å². The molecule has 0 fully saturated rings. The van der Waals surface area contributed by atoms with Gasteiger partial charge in [0.2, 0.25) is 5.91 Å². The maximum Gasteiger partial charge on any atom is 0.253 e. The van der Waals surface area contributed by atoms with Gasteiger partial charge in [-0.2, -0.15) is 0 Å². The lowest BCUT2D eigenvalue weighted by atomic mass is 10.0. The molecule has 0 saturated heterocycles. The number of carbonyl (C=O) groups is 1. The SMILES string of the molecule is Cc1c[nH]c(=O)c(C(O)C(O)C(N)=O)c1. The summed E-state index contributed by atoms with van der Waals surface area (Å²) < 4.78 is 0. The molecule has 1 rings (SSSR count). The molecule has 15 heavy (non-hydrogen) atoms. The average Bonchev–Trinajstić information content (AvgIpc) is 2.19. The molecule has 1 amide bonds. The highest BCUT2D eigenvalue weighted by Crippen LogP contribution is 2.13. The van der Waals surface area contributed by atoms with Crippen LogP contribution in [0.1, 0.15) is 17.2 Å². The first-order valence-electron chi connectivity index (χ1n) is 4.28. The molecule has 1 aromatic heterocycles. The van der Waals surface area contributed by atoms with E-state index in [4.69, 9.17) is 5.73 Å². The number of nitrogens with two attached hydrogens (primary N) is 1. The second kappa shape index (κ2) is 4.24. The van der Waals surface area contributed by atoms with Crippen molar-refractivity contribution in [1.82, 2.24) is 4.98 Å². The third-order valence-electron chi connectivity index (χ3n) is 1.99. The lowest BCUT2D eigenvalue weighted by Crippen LogP contribution is -2.36. The molecule has 82 valence electrons. The van der Waals surface area contributed by atoms with Gasteiger partial charge in [0.15, 0.2) is 6.10 Å². The van der Waals surface area contributed by atoms with Gasteiger partial charge in [0.1, 0.15) is 6.10 Å². The number of hydrogen-bond acceptors (Lipinski definition) is 4. The van der Waals surface area contributed by atoms with Crippen LogP contribution in [0.25, 0.3) is 0 Å². The van der Waals surface area contributed by atoms with E-state index in [0.717, 1.165) is 0 Å². The van der Waals surface area contributed by atoms with Crippen molar-refractivity contribution in [2.75, 3.05) is 0 Å². The normalized spacial score (nSPS) is 14.6. The summed E-state index contributed by atoms with van der Waals surface area (Å²) in [6.07, 6.45) is -1.94. The Bertz CT molecular complexity index is 426. The predicted molar refractivity (Wildman–Crippen MR) is 52.0 cm³/mol. The first kappa shape index (κ1) is 11.4. The third-order valence-corrected chi connectivity index (χ3v) is 1.99. The number of rotatable bonds is 3. The highest BCUT2D eigenvalue weighted by atomic mass is 16.3. The number of carbonyl (C=O) groups excluding carboxylic acids is 1. The van der Waals surface area contributed by atoms with Crippen molar-refractivity contribution in [2.45, 2.75) is 19.1 Å². The molecule has 0 aliphatic carbocycles. The van der Waals surface area contributed by atoms with Crippen LogP contribution in [0.4, 0.5) is 0 Å². The molecular weight excluding hydrogens is 200 g/mol.